The molecule has 1 unspecified atom stereocenters. The molecule has 0 amide bonds. The van der Waals surface area contributed by atoms with E-state index in [1.807, 2.05) is 44.2 Å². The predicted molar refractivity (Wildman–Crippen MR) is 83.6 cm³/mol. The summed E-state index contributed by atoms with van der Waals surface area (Å²) in [7, 11) is 1.66. The normalized spacial score (nSPS) is 12.2. The van der Waals surface area contributed by atoms with Crippen LogP contribution in [0.15, 0.2) is 42.7 Å². The number of nitrogens with zero attached hydrogens (tertiary/aromatic N) is 1. The Morgan fingerprint density at radius 2 is 1.81 bits per heavy atom. The van der Waals surface area contributed by atoms with Crippen molar-refractivity contribution >= 4 is 0 Å². The largest absolute Gasteiger partial charge is 0.497 e. The highest BCUT2D eigenvalue weighted by Gasteiger charge is 2.09. The van der Waals surface area contributed by atoms with Gasteiger partial charge in [0.1, 0.15) is 11.5 Å². The van der Waals surface area contributed by atoms with Crippen LogP contribution in [-0.4, -0.2) is 18.2 Å². The zero-order chi connectivity index (χ0) is 15.2. The molecule has 0 saturated carbocycles. The monoisotopic (exact) mass is 286 g/mol. The second-order valence-corrected chi connectivity index (χ2v) is 5.28. The van der Waals surface area contributed by atoms with Crippen molar-refractivity contribution in [2.75, 3.05) is 7.11 Å². The van der Waals surface area contributed by atoms with E-state index in [9.17, 15) is 0 Å². The predicted octanol–water partition coefficient (Wildman–Crippen LogP) is 3.12. The molecule has 1 atom stereocenters. The van der Waals surface area contributed by atoms with Crippen LogP contribution in [0.4, 0.5) is 0 Å². The maximum Gasteiger partial charge on any atom is 0.138 e. The van der Waals surface area contributed by atoms with Crippen LogP contribution in [-0.2, 0) is 6.42 Å². The first-order valence-electron chi connectivity index (χ1n) is 7.08. The Hall–Kier alpha value is -2.07. The van der Waals surface area contributed by atoms with Crippen LogP contribution in [0.25, 0.3) is 0 Å². The molecule has 0 saturated heterocycles. The number of rotatable bonds is 6. The lowest BCUT2D eigenvalue weighted by Gasteiger charge is -2.15. The molecule has 0 aliphatic heterocycles. The van der Waals surface area contributed by atoms with Crippen molar-refractivity contribution < 1.29 is 9.47 Å². The fourth-order valence-corrected chi connectivity index (χ4v) is 2.11. The summed E-state index contributed by atoms with van der Waals surface area (Å²) in [6.45, 7) is 3.98. The molecule has 4 nitrogen and oxygen atoms in total. The third-order valence-electron chi connectivity index (χ3n) is 3.15. The van der Waals surface area contributed by atoms with E-state index >= 15 is 0 Å². The number of ether oxygens (including phenoxy) is 2. The van der Waals surface area contributed by atoms with Gasteiger partial charge in [-0.2, -0.15) is 0 Å². The van der Waals surface area contributed by atoms with Crippen molar-refractivity contribution in [2.45, 2.75) is 32.4 Å². The third-order valence-corrected chi connectivity index (χ3v) is 3.15. The number of nitrogens with two attached hydrogens (primary N) is 1. The van der Waals surface area contributed by atoms with Crippen molar-refractivity contribution in [2.24, 2.45) is 5.73 Å². The number of aromatic nitrogens is 1. The molecule has 1 aromatic carbocycles. The van der Waals surface area contributed by atoms with Gasteiger partial charge < -0.3 is 15.2 Å². The van der Waals surface area contributed by atoms with Crippen LogP contribution in [0.2, 0.25) is 0 Å². The number of methoxy groups -OCH3 is 1. The van der Waals surface area contributed by atoms with Crippen molar-refractivity contribution in [3.63, 3.8) is 0 Å². The first-order valence-corrected chi connectivity index (χ1v) is 7.08. The second kappa shape index (κ2) is 7.09. The smallest absolute Gasteiger partial charge is 0.138 e. The fourth-order valence-electron chi connectivity index (χ4n) is 2.11. The van der Waals surface area contributed by atoms with Crippen molar-refractivity contribution in [1.29, 1.82) is 0 Å². The standard InChI is InChI=1S/C17H22N2O2/c1-12(2)21-16-9-14(10-19-11-16)17(18)8-13-4-6-15(20-3)7-5-13/h4-7,9-12,17H,8,18H2,1-3H3. The van der Waals surface area contributed by atoms with Gasteiger partial charge in [-0.15, -0.1) is 0 Å². The van der Waals surface area contributed by atoms with E-state index in [-0.39, 0.29) is 12.1 Å². The number of hydrogen-bond donors (Lipinski definition) is 1. The van der Waals surface area contributed by atoms with Gasteiger partial charge in [-0.1, -0.05) is 12.1 Å². The van der Waals surface area contributed by atoms with Crippen LogP contribution in [0.1, 0.15) is 31.0 Å². The topological polar surface area (TPSA) is 57.4 Å². The molecule has 2 N–H and O–H groups in total. The number of benzene rings is 1. The quantitative estimate of drug-likeness (QED) is 0.886. The van der Waals surface area contributed by atoms with Crippen molar-refractivity contribution in [3.05, 3.63) is 53.9 Å². The van der Waals surface area contributed by atoms with Crippen LogP contribution in [0.3, 0.4) is 0 Å². The summed E-state index contributed by atoms with van der Waals surface area (Å²) in [6, 6.07) is 9.79. The van der Waals surface area contributed by atoms with Gasteiger partial charge in [-0.25, -0.2) is 0 Å². The van der Waals surface area contributed by atoms with E-state index in [2.05, 4.69) is 4.98 Å². The molecule has 2 aromatic rings. The minimum absolute atomic E-state index is 0.110. The van der Waals surface area contributed by atoms with Gasteiger partial charge in [0, 0.05) is 12.2 Å². The minimum Gasteiger partial charge on any atom is -0.497 e. The molecule has 1 heterocycles. The molecule has 0 radical (unpaired) electrons. The molecule has 0 aliphatic rings. The Morgan fingerprint density at radius 1 is 1.10 bits per heavy atom. The molecule has 0 spiro atoms. The number of pyridine rings is 1. The summed E-state index contributed by atoms with van der Waals surface area (Å²) < 4.78 is 10.8. The average Bonchev–Trinajstić information content (AvgIpc) is 2.47. The minimum atomic E-state index is -0.110. The first kappa shape index (κ1) is 15.3. The second-order valence-electron chi connectivity index (χ2n) is 5.28. The molecule has 1 aromatic heterocycles. The fraction of sp³-hybridized carbons (Fsp3) is 0.353. The Balaban J connectivity index is 2.06. The third kappa shape index (κ3) is 4.46. The Labute approximate surface area is 125 Å². The molecule has 112 valence electrons. The van der Waals surface area contributed by atoms with Gasteiger partial charge in [0.25, 0.3) is 0 Å². The van der Waals surface area contributed by atoms with Crippen LogP contribution in [0.5, 0.6) is 11.5 Å². The molecular weight excluding hydrogens is 264 g/mol. The van der Waals surface area contributed by atoms with Gasteiger partial charge in [0.05, 0.1) is 19.4 Å². The van der Waals surface area contributed by atoms with Gasteiger partial charge in [0.15, 0.2) is 0 Å². The Morgan fingerprint density at radius 3 is 2.43 bits per heavy atom. The van der Waals surface area contributed by atoms with Crippen molar-refractivity contribution in [1.82, 2.24) is 4.98 Å². The molecule has 21 heavy (non-hydrogen) atoms. The van der Waals surface area contributed by atoms with Gasteiger partial charge in [0.2, 0.25) is 0 Å². The summed E-state index contributed by atoms with van der Waals surface area (Å²) in [6.07, 6.45) is 4.38. The molecular formula is C17H22N2O2. The molecule has 0 bridgehead atoms. The molecule has 4 heteroatoms. The average molecular weight is 286 g/mol. The summed E-state index contributed by atoms with van der Waals surface area (Å²) >= 11 is 0. The van der Waals surface area contributed by atoms with Gasteiger partial charge in [-0.05, 0) is 49.6 Å². The molecule has 0 aliphatic carbocycles. The van der Waals surface area contributed by atoms with E-state index in [0.29, 0.717) is 0 Å². The van der Waals surface area contributed by atoms with Gasteiger partial charge in [-0.3, -0.25) is 4.98 Å². The van der Waals surface area contributed by atoms with Crippen molar-refractivity contribution in [3.8, 4) is 11.5 Å². The summed E-state index contributed by atoms with van der Waals surface area (Å²) in [5, 5.41) is 0. The lowest BCUT2D eigenvalue weighted by molar-refractivity contribution is 0.241. The summed E-state index contributed by atoms with van der Waals surface area (Å²) in [5.74, 6) is 1.61. The number of hydrogen-bond acceptors (Lipinski definition) is 4. The van der Waals surface area contributed by atoms with Crippen LogP contribution < -0.4 is 15.2 Å². The zero-order valence-electron chi connectivity index (χ0n) is 12.7. The Bertz CT molecular complexity index is 567. The lowest BCUT2D eigenvalue weighted by Crippen LogP contribution is -2.14. The van der Waals surface area contributed by atoms with Gasteiger partial charge >= 0.3 is 0 Å². The maximum absolute atomic E-state index is 6.27. The van der Waals surface area contributed by atoms with E-state index in [0.717, 1.165) is 23.5 Å². The maximum atomic E-state index is 6.27. The van der Waals surface area contributed by atoms with Crippen LogP contribution >= 0.6 is 0 Å². The van der Waals surface area contributed by atoms with E-state index in [1.165, 1.54) is 5.56 Å². The first-order chi connectivity index (χ1) is 10.1. The zero-order valence-corrected chi connectivity index (χ0v) is 12.7. The SMILES string of the molecule is COc1ccc(CC(N)c2cncc(OC(C)C)c2)cc1. The molecule has 2 rings (SSSR count). The van der Waals surface area contributed by atoms with E-state index < -0.39 is 0 Å². The van der Waals surface area contributed by atoms with E-state index in [1.54, 1.807) is 19.5 Å². The summed E-state index contributed by atoms with van der Waals surface area (Å²) in [5.41, 5.74) is 8.41. The summed E-state index contributed by atoms with van der Waals surface area (Å²) in [4.78, 5) is 4.20. The molecule has 0 fully saturated rings. The van der Waals surface area contributed by atoms with E-state index in [4.69, 9.17) is 15.2 Å². The highest BCUT2D eigenvalue weighted by atomic mass is 16.5. The highest BCUT2D eigenvalue weighted by Crippen LogP contribution is 2.21. The lowest BCUT2D eigenvalue weighted by atomic mass is 10.0. The highest BCUT2D eigenvalue weighted by molar-refractivity contribution is 5.30. The Kier molecular flexibility index (Phi) is 5.17. The van der Waals surface area contributed by atoms with Crippen LogP contribution in [0, 0.1) is 0 Å².